The number of carbonyl (C=O) groups is 2. The Hall–Kier alpha value is -2.47. The molecule has 0 spiro atoms. The van der Waals surface area contributed by atoms with Gasteiger partial charge in [-0.05, 0) is 37.7 Å². The molecule has 1 aromatic rings. The highest BCUT2D eigenvalue weighted by Gasteiger charge is 2.61. The van der Waals surface area contributed by atoms with E-state index in [0.717, 1.165) is 31.2 Å². The number of halogens is 1. The number of alkyl halides is 1. The first kappa shape index (κ1) is 23.2. The van der Waals surface area contributed by atoms with E-state index in [1.807, 2.05) is 37.3 Å². The van der Waals surface area contributed by atoms with Crippen molar-refractivity contribution in [1.82, 2.24) is 0 Å². The molecule has 1 saturated carbocycles. The van der Waals surface area contributed by atoms with E-state index in [1.54, 1.807) is 6.92 Å². The predicted molar refractivity (Wildman–Crippen MR) is 116 cm³/mol. The molecule has 3 rings (SSSR count). The van der Waals surface area contributed by atoms with Gasteiger partial charge in [0.1, 0.15) is 23.5 Å². The number of carboxylic acid groups (broad SMARTS) is 2. The molecule has 6 nitrogen and oxygen atoms in total. The molecule has 2 aliphatic rings. The molecule has 1 fully saturated rings. The second kappa shape index (κ2) is 9.77. The zero-order valence-electron chi connectivity index (χ0n) is 17.9. The lowest BCUT2D eigenvalue weighted by atomic mass is 9.64. The molecule has 0 aliphatic heterocycles. The van der Waals surface area contributed by atoms with E-state index < -0.39 is 23.3 Å². The van der Waals surface area contributed by atoms with E-state index in [0.29, 0.717) is 12.2 Å². The predicted octanol–water partition coefficient (Wildman–Crippen LogP) is 4.98. The molecular formula is C24H29ClO6. The van der Waals surface area contributed by atoms with Crippen LogP contribution in [0, 0.1) is 17.3 Å². The van der Waals surface area contributed by atoms with Crippen molar-refractivity contribution < 1.29 is 29.3 Å². The number of unbranched alkanes of at least 4 members (excludes halogenated alkanes) is 1. The van der Waals surface area contributed by atoms with Crippen molar-refractivity contribution in [2.45, 2.75) is 46.1 Å². The molecule has 168 valence electrons. The van der Waals surface area contributed by atoms with Crippen molar-refractivity contribution in [3.8, 4) is 0 Å². The summed E-state index contributed by atoms with van der Waals surface area (Å²) >= 11 is 6.31. The summed E-state index contributed by atoms with van der Waals surface area (Å²) in [5.74, 6) is -3.09. The monoisotopic (exact) mass is 448 g/mol. The quantitative estimate of drug-likeness (QED) is 0.366. The maximum atomic E-state index is 12.6. The van der Waals surface area contributed by atoms with Crippen LogP contribution in [-0.4, -0.2) is 34.6 Å². The second-order valence-corrected chi connectivity index (χ2v) is 8.47. The van der Waals surface area contributed by atoms with Crippen LogP contribution < -0.4 is 0 Å². The summed E-state index contributed by atoms with van der Waals surface area (Å²) in [6, 6.07) is 9.43. The van der Waals surface area contributed by atoms with Gasteiger partial charge in [0.05, 0.1) is 12.2 Å². The molecule has 2 N–H and O–H groups in total. The highest BCUT2D eigenvalue weighted by molar-refractivity contribution is 6.20. The Morgan fingerprint density at radius 1 is 1.16 bits per heavy atom. The van der Waals surface area contributed by atoms with Gasteiger partial charge < -0.3 is 19.7 Å². The topological polar surface area (TPSA) is 93.1 Å². The molecule has 0 radical (unpaired) electrons. The number of aliphatic carboxylic acids is 2. The van der Waals surface area contributed by atoms with E-state index in [9.17, 15) is 19.8 Å². The summed E-state index contributed by atoms with van der Waals surface area (Å²) in [4.78, 5) is 25.1. The van der Waals surface area contributed by atoms with Gasteiger partial charge in [-0.2, -0.15) is 0 Å². The molecule has 1 aromatic carbocycles. The molecule has 2 aliphatic carbocycles. The fourth-order valence-electron chi connectivity index (χ4n) is 4.37. The third-order valence-corrected chi connectivity index (χ3v) is 6.48. The number of carboxylic acids is 2. The van der Waals surface area contributed by atoms with Gasteiger partial charge in [0.15, 0.2) is 0 Å². The van der Waals surface area contributed by atoms with Gasteiger partial charge in [-0.25, -0.2) is 4.79 Å². The zero-order chi connectivity index (χ0) is 22.6. The van der Waals surface area contributed by atoms with Gasteiger partial charge in [-0.3, -0.25) is 4.79 Å². The molecule has 0 heterocycles. The number of ether oxygens (including phenoxy) is 2. The highest BCUT2D eigenvalue weighted by atomic mass is 35.5. The molecular weight excluding hydrogens is 420 g/mol. The van der Waals surface area contributed by atoms with Crippen LogP contribution >= 0.6 is 11.6 Å². The summed E-state index contributed by atoms with van der Waals surface area (Å²) in [6.07, 6.45) is 3.13. The van der Waals surface area contributed by atoms with E-state index in [-0.39, 0.29) is 35.5 Å². The molecule has 0 bridgehead atoms. The van der Waals surface area contributed by atoms with E-state index in [1.165, 1.54) is 0 Å². The van der Waals surface area contributed by atoms with Crippen LogP contribution in [0.2, 0.25) is 0 Å². The lowest BCUT2D eigenvalue weighted by Crippen LogP contribution is -2.49. The van der Waals surface area contributed by atoms with Crippen molar-refractivity contribution in [3.05, 3.63) is 58.6 Å². The van der Waals surface area contributed by atoms with Crippen molar-refractivity contribution in [2.75, 3.05) is 12.5 Å². The molecule has 7 heteroatoms. The van der Waals surface area contributed by atoms with E-state index in [4.69, 9.17) is 21.1 Å². The second-order valence-electron chi connectivity index (χ2n) is 8.20. The van der Waals surface area contributed by atoms with E-state index in [2.05, 4.69) is 0 Å². The minimum absolute atomic E-state index is 0.0122. The molecule has 0 aromatic heterocycles. The smallest absolute Gasteiger partial charge is 0.335 e. The first-order chi connectivity index (χ1) is 14.9. The summed E-state index contributed by atoms with van der Waals surface area (Å²) in [5, 5.41) is 20.5. The zero-order valence-corrected chi connectivity index (χ0v) is 18.7. The molecule has 2 unspecified atom stereocenters. The van der Waals surface area contributed by atoms with Crippen molar-refractivity contribution >= 4 is 23.5 Å². The highest BCUT2D eigenvalue weighted by Crippen LogP contribution is 2.58. The molecule has 31 heavy (non-hydrogen) atoms. The Kier molecular flexibility index (Phi) is 7.31. The minimum atomic E-state index is -1.63. The van der Waals surface area contributed by atoms with Gasteiger partial charge >= 0.3 is 11.9 Å². The summed E-state index contributed by atoms with van der Waals surface area (Å²) < 4.78 is 12.1. The first-order valence-corrected chi connectivity index (χ1v) is 11.2. The van der Waals surface area contributed by atoms with Crippen LogP contribution in [0.5, 0.6) is 0 Å². The van der Waals surface area contributed by atoms with Crippen LogP contribution in [0.3, 0.4) is 0 Å². The maximum absolute atomic E-state index is 12.6. The minimum Gasteiger partial charge on any atom is -0.496 e. The van der Waals surface area contributed by atoms with Crippen LogP contribution in [-0.2, 0) is 25.7 Å². The number of rotatable bonds is 11. The Bertz CT molecular complexity index is 887. The Balaban J connectivity index is 2.14. The van der Waals surface area contributed by atoms with E-state index >= 15 is 0 Å². The lowest BCUT2D eigenvalue weighted by Gasteiger charge is -2.42. The Labute approximate surface area is 187 Å². The number of hydrogen-bond donors (Lipinski definition) is 2. The van der Waals surface area contributed by atoms with Crippen LogP contribution in [0.4, 0.5) is 0 Å². The van der Waals surface area contributed by atoms with Gasteiger partial charge in [0.25, 0.3) is 0 Å². The van der Waals surface area contributed by atoms with Crippen molar-refractivity contribution in [1.29, 1.82) is 0 Å². The standard InChI is InChI=1S/C24H29ClO6/c1-3-4-12-30-21-15(2)20(31-13-16-8-6-5-7-9-16)18(22(26)27)19(17-10-11-17)24(21,14-25)23(28)29/h5-9,17,19H,3-4,10-14H2,1-2H3,(H,26,27)(H,28,29). The largest absolute Gasteiger partial charge is 0.496 e. The molecule has 0 saturated heterocycles. The summed E-state index contributed by atoms with van der Waals surface area (Å²) in [7, 11) is 0. The SMILES string of the molecule is CCCCOC1=C(C)C(OCc2ccccc2)=C(C(=O)O)C(C2CC2)C1(CCl)C(=O)O. The summed E-state index contributed by atoms with van der Waals surface area (Å²) in [6.45, 7) is 4.19. The average molecular weight is 449 g/mol. The van der Waals surface area contributed by atoms with Gasteiger partial charge in [0.2, 0.25) is 0 Å². The summed E-state index contributed by atoms with van der Waals surface area (Å²) in [5.41, 5.74) is -0.365. The van der Waals surface area contributed by atoms with Gasteiger partial charge in [-0.1, -0.05) is 43.7 Å². The first-order valence-electron chi connectivity index (χ1n) is 10.7. The van der Waals surface area contributed by atoms with Crippen LogP contribution in [0.25, 0.3) is 0 Å². The molecule has 2 atom stereocenters. The third kappa shape index (κ3) is 4.45. The van der Waals surface area contributed by atoms with Gasteiger partial charge in [-0.15, -0.1) is 11.6 Å². The third-order valence-electron chi connectivity index (χ3n) is 6.06. The number of allylic oxidation sites excluding steroid dienone is 1. The number of benzene rings is 1. The van der Waals surface area contributed by atoms with Crippen LogP contribution in [0.1, 0.15) is 45.1 Å². The fourth-order valence-corrected chi connectivity index (χ4v) is 4.77. The van der Waals surface area contributed by atoms with Crippen molar-refractivity contribution in [2.24, 2.45) is 17.3 Å². The Morgan fingerprint density at radius 2 is 1.84 bits per heavy atom. The lowest BCUT2D eigenvalue weighted by molar-refractivity contribution is -0.152. The van der Waals surface area contributed by atoms with Gasteiger partial charge in [0, 0.05) is 17.4 Å². The fraction of sp³-hybridized carbons (Fsp3) is 0.500. The van der Waals surface area contributed by atoms with Crippen LogP contribution in [0.15, 0.2) is 53.0 Å². The average Bonchev–Trinajstić information content (AvgIpc) is 3.58. The molecule has 0 amide bonds. The normalized spacial score (nSPS) is 23.6. The number of hydrogen-bond acceptors (Lipinski definition) is 4. The maximum Gasteiger partial charge on any atom is 0.335 e. The Morgan fingerprint density at radius 3 is 2.35 bits per heavy atom. The van der Waals surface area contributed by atoms with Crippen molar-refractivity contribution in [3.63, 3.8) is 0 Å².